The second-order valence-corrected chi connectivity index (χ2v) is 11.5. The smallest absolute Gasteiger partial charge is 0.238 e. The molecule has 3 aromatic rings. The highest BCUT2D eigenvalue weighted by Crippen LogP contribution is 2.49. The molecule has 0 bridgehead atoms. The van der Waals surface area contributed by atoms with Crippen LogP contribution in [0.1, 0.15) is 19.3 Å². The molecule has 0 aliphatic heterocycles. The van der Waals surface area contributed by atoms with E-state index in [4.69, 9.17) is 16.7 Å². The molecule has 4 N–H and O–H groups in total. The number of benzene rings is 2. The zero-order chi connectivity index (χ0) is 22.4. The molecular formula is C18H17BrClFN4O4S2. The molecule has 0 spiro atoms. The summed E-state index contributed by atoms with van der Waals surface area (Å²) in [6, 6.07) is 6.39. The number of sulfonamides is 1. The highest BCUT2D eigenvalue weighted by atomic mass is 79.9. The van der Waals surface area contributed by atoms with Crippen LogP contribution in [0.15, 0.2) is 28.7 Å². The lowest BCUT2D eigenvalue weighted by atomic mass is 10.2. The Morgan fingerprint density at radius 3 is 2.71 bits per heavy atom. The number of nitrogens with zero attached hydrogens (tertiary/aromatic N) is 2. The standard InChI is InChI=1S/C18H17BrClFN4O4S2/c19-9-1-2-12(11(20)5-9)22-16-13(6-14-17(15(16)21)23-25-30-14)24-31(28,29)18(3-4-18)7-10(27)8-26/h1-2,5-6,10,22,24,26-27H,3-4,7-8H2. The van der Waals surface area contributed by atoms with Gasteiger partial charge in [-0.15, -0.1) is 5.10 Å². The molecule has 166 valence electrons. The van der Waals surface area contributed by atoms with Crippen molar-refractivity contribution in [1.29, 1.82) is 0 Å². The number of hydrogen-bond acceptors (Lipinski definition) is 8. The number of aromatic nitrogens is 2. The lowest BCUT2D eigenvalue weighted by Crippen LogP contribution is -2.34. The van der Waals surface area contributed by atoms with E-state index in [0.717, 1.165) is 16.0 Å². The molecule has 1 fully saturated rings. The lowest BCUT2D eigenvalue weighted by Gasteiger charge is -2.22. The number of fused-ring (bicyclic) bond motifs is 1. The van der Waals surface area contributed by atoms with E-state index >= 15 is 4.39 Å². The van der Waals surface area contributed by atoms with E-state index in [1.54, 1.807) is 18.2 Å². The normalized spacial score (nSPS) is 16.3. The molecular weight excluding hydrogens is 535 g/mol. The van der Waals surface area contributed by atoms with Crippen molar-refractivity contribution < 1.29 is 23.0 Å². The molecule has 1 atom stereocenters. The third kappa shape index (κ3) is 4.37. The third-order valence-corrected chi connectivity index (χ3v) is 8.80. The minimum absolute atomic E-state index is 0.000481. The third-order valence-electron chi connectivity index (χ3n) is 5.12. The Morgan fingerprint density at radius 2 is 2.06 bits per heavy atom. The fourth-order valence-electron chi connectivity index (χ4n) is 3.28. The van der Waals surface area contributed by atoms with Crippen LogP contribution in [-0.4, -0.2) is 45.7 Å². The van der Waals surface area contributed by atoms with Crippen molar-refractivity contribution in [2.45, 2.75) is 30.1 Å². The Morgan fingerprint density at radius 1 is 1.32 bits per heavy atom. The van der Waals surface area contributed by atoms with Gasteiger partial charge in [-0.1, -0.05) is 32.0 Å². The van der Waals surface area contributed by atoms with Crippen molar-refractivity contribution in [2.75, 3.05) is 16.6 Å². The summed E-state index contributed by atoms with van der Waals surface area (Å²) in [6.07, 6.45) is -0.628. The summed E-state index contributed by atoms with van der Waals surface area (Å²) in [5.41, 5.74) is 0.190. The van der Waals surface area contributed by atoms with Crippen molar-refractivity contribution in [1.82, 2.24) is 9.59 Å². The van der Waals surface area contributed by atoms with Gasteiger partial charge in [0.2, 0.25) is 10.0 Å². The number of halogens is 3. The minimum atomic E-state index is -4.01. The van der Waals surface area contributed by atoms with Crippen LogP contribution in [0.5, 0.6) is 0 Å². The Balaban J connectivity index is 1.76. The van der Waals surface area contributed by atoms with Crippen LogP contribution in [0.2, 0.25) is 5.02 Å². The van der Waals surface area contributed by atoms with Crippen LogP contribution in [0.25, 0.3) is 10.2 Å². The predicted octanol–water partition coefficient (Wildman–Crippen LogP) is 4.01. The van der Waals surface area contributed by atoms with Gasteiger partial charge in [-0.3, -0.25) is 4.72 Å². The molecule has 0 radical (unpaired) electrons. The van der Waals surface area contributed by atoms with Gasteiger partial charge >= 0.3 is 0 Å². The Labute approximate surface area is 194 Å². The second-order valence-electron chi connectivity index (χ2n) is 7.31. The van der Waals surface area contributed by atoms with Crippen LogP contribution in [0.4, 0.5) is 21.5 Å². The zero-order valence-electron chi connectivity index (χ0n) is 15.8. The van der Waals surface area contributed by atoms with E-state index < -0.39 is 33.3 Å². The van der Waals surface area contributed by atoms with E-state index in [1.807, 2.05) is 0 Å². The van der Waals surface area contributed by atoms with Crippen molar-refractivity contribution in [3.05, 3.63) is 39.6 Å². The number of aliphatic hydroxyl groups is 2. The number of anilines is 3. The molecule has 1 aromatic heterocycles. The van der Waals surface area contributed by atoms with Crippen LogP contribution in [-0.2, 0) is 10.0 Å². The van der Waals surface area contributed by atoms with Gasteiger partial charge in [-0.05, 0) is 55.1 Å². The second kappa shape index (κ2) is 8.41. The lowest BCUT2D eigenvalue weighted by molar-refractivity contribution is 0.0858. The topological polar surface area (TPSA) is 124 Å². The first-order valence-electron chi connectivity index (χ1n) is 9.14. The van der Waals surface area contributed by atoms with Crippen LogP contribution < -0.4 is 10.0 Å². The first-order chi connectivity index (χ1) is 14.7. The van der Waals surface area contributed by atoms with Crippen molar-refractivity contribution in [2.24, 2.45) is 0 Å². The van der Waals surface area contributed by atoms with Gasteiger partial charge in [-0.25, -0.2) is 12.8 Å². The molecule has 2 aromatic carbocycles. The quantitative estimate of drug-likeness (QED) is 0.333. The van der Waals surface area contributed by atoms with E-state index in [2.05, 4.69) is 35.6 Å². The Bertz CT molecular complexity index is 1250. The van der Waals surface area contributed by atoms with Gasteiger partial charge < -0.3 is 15.5 Å². The van der Waals surface area contributed by atoms with Crippen LogP contribution in [0, 0.1) is 5.82 Å². The largest absolute Gasteiger partial charge is 0.394 e. The van der Waals surface area contributed by atoms with Gasteiger partial charge in [-0.2, -0.15) is 0 Å². The maximum Gasteiger partial charge on any atom is 0.238 e. The number of aliphatic hydroxyl groups excluding tert-OH is 2. The average molecular weight is 552 g/mol. The van der Waals surface area contributed by atoms with Gasteiger partial charge in [0.05, 0.1) is 38.6 Å². The summed E-state index contributed by atoms with van der Waals surface area (Å²) in [7, 11) is -4.01. The molecule has 1 aliphatic carbocycles. The molecule has 1 aliphatic rings. The van der Waals surface area contributed by atoms with Crippen molar-refractivity contribution in [3.63, 3.8) is 0 Å². The van der Waals surface area contributed by atoms with E-state index in [1.165, 1.54) is 6.07 Å². The van der Waals surface area contributed by atoms with Gasteiger partial charge in [0.1, 0.15) is 11.2 Å². The molecule has 0 amide bonds. The monoisotopic (exact) mass is 550 g/mol. The molecule has 1 unspecified atom stereocenters. The van der Waals surface area contributed by atoms with Gasteiger partial charge in [0.15, 0.2) is 5.82 Å². The van der Waals surface area contributed by atoms with E-state index in [0.29, 0.717) is 28.3 Å². The molecule has 1 saturated carbocycles. The predicted molar refractivity (Wildman–Crippen MR) is 122 cm³/mol. The first kappa shape index (κ1) is 22.6. The van der Waals surface area contributed by atoms with E-state index in [9.17, 15) is 13.5 Å². The number of rotatable bonds is 8. The number of hydrogen-bond donors (Lipinski definition) is 4. The highest BCUT2D eigenvalue weighted by Gasteiger charge is 2.55. The zero-order valence-corrected chi connectivity index (χ0v) is 19.7. The molecule has 31 heavy (non-hydrogen) atoms. The molecule has 4 rings (SSSR count). The Kier molecular flexibility index (Phi) is 6.14. The summed E-state index contributed by atoms with van der Waals surface area (Å²) < 4.78 is 47.6. The summed E-state index contributed by atoms with van der Waals surface area (Å²) in [5, 5.41) is 25.8. The molecule has 13 heteroatoms. The SMILES string of the molecule is O=S(=O)(Nc1cc2snnc2c(F)c1Nc1ccc(Br)cc1Cl)C1(CC(O)CO)CC1. The average Bonchev–Trinajstić information content (AvgIpc) is 3.35. The number of nitrogens with one attached hydrogen (secondary N) is 2. The van der Waals surface area contributed by atoms with Crippen molar-refractivity contribution in [3.8, 4) is 0 Å². The summed E-state index contributed by atoms with van der Waals surface area (Å²) >= 11 is 10.5. The fraction of sp³-hybridized carbons (Fsp3) is 0.333. The molecule has 8 nitrogen and oxygen atoms in total. The summed E-state index contributed by atoms with van der Waals surface area (Å²) in [5.74, 6) is -0.775. The fourth-order valence-corrected chi connectivity index (χ4v) is 6.32. The Hall–Kier alpha value is -1.57. The first-order valence-corrected chi connectivity index (χ1v) is 12.6. The van der Waals surface area contributed by atoms with Crippen LogP contribution in [0.3, 0.4) is 0 Å². The highest BCUT2D eigenvalue weighted by molar-refractivity contribution is 9.10. The molecule has 1 heterocycles. The molecule has 0 saturated heterocycles. The van der Waals surface area contributed by atoms with Gasteiger partial charge in [0.25, 0.3) is 0 Å². The van der Waals surface area contributed by atoms with Crippen molar-refractivity contribution >= 4 is 76.4 Å². The summed E-state index contributed by atoms with van der Waals surface area (Å²) in [6.45, 7) is -0.542. The van der Waals surface area contributed by atoms with Gasteiger partial charge in [0, 0.05) is 4.47 Å². The van der Waals surface area contributed by atoms with Crippen LogP contribution >= 0.6 is 39.1 Å². The summed E-state index contributed by atoms with van der Waals surface area (Å²) in [4.78, 5) is 0. The minimum Gasteiger partial charge on any atom is -0.394 e. The van der Waals surface area contributed by atoms with E-state index in [-0.39, 0.29) is 23.3 Å². The maximum atomic E-state index is 15.3. The maximum absolute atomic E-state index is 15.3.